The van der Waals surface area contributed by atoms with E-state index in [1.165, 1.54) is 4.90 Å². The summed E-state index contributed by atoms with van der Waals surface area (Å²) in [6.45, 7) is 2.63. The van der Waals surface area contributed by atoms with Crippen molar-refractivity contribution in [3.05, 3.63) is 106 Å². The number of carbonyl (C=O) groups excluding carboxylic acids is 1. The number of aliphatic hydroxyl groups excluding tert-OH is 1. The van der Waals surface area contributed by atoms with Gasteiger partial charge in [0.1, 0.15) is 23.8 Å². The number of ether oxygens (including phenoxy) is 2. The van der Waals surface area contributed by atoms with E-state index in [9.17, 15) is 4.79 Å². The van der Waals surface area contributed by atoms with E-state index in [1.807, 2.05) is 67.6 Å². The third-order valence-electron chi connectivity index (χ3n) is 5.96. The number of halogens is 1. The Kier molecular flexibility index (Phi) is 9.18. The van der Waals surface area contributed by atoms with Gasteiger partial charge in [0.05, 0.1) is 19.8 Å². The summed E-state index contributed by atoms with van der Waals surface area (Å²) < 4.78 is 17.5. The van der Waals surface area contributed by atoms with E-state index in [2.05, 4.69) is 0 Å². The number of aliphatic hydroxyl groups is 1. The highest BCUT2D eigenvalue weighted by Gasteiger charge is 2.14. The molecule has 198 valence electrons. The molecule has 0 saturated heterocycles. The van der Waals surface area contributed by atoms with Crippen LogP contribution in [0.25, 0.3) is 11.3 Å². The SMILES string of the molecule is Cc1oc(Cc2cccc(Cl)c2)nc1-c1ccc(OCc2ccc(C(=O)N(C)C)cc2COCCO)cc1. The summed E-state index contributed by atoms with van der Waals surface area (Å²) in [6, 6.07) is 20.8. The normalized spacial score (nSPS) is 11.0. The number of hydrogen-bond acceptors (Lipinski definition) is 6. The van der Waals surface area contributed by atoms with Crippen LogP contribution >= 0.6 is 11.6 Å². The molecule has 0 saturated carbocycles. The molecule has 0 spiro atoms. The minimum absolute atomic E-state index is 0.0679. The highest BCUT2D eigenvalue weighted by molar-refractivity contribution is 6.30. The number of oxazole rings is 1. The zero-order chi connectivity index (χ0) is 27.1. The number of rotatable bonds is 11. The van der Waals surface area contributed by atoms with E-state index in [0.717, 1.165) is 33.7 Å². The molecular formula is C30H31ClN2O5. The highest BCUT2D eigenvalue weighted by Crippen LogP contribution is 2.27. The van der Waals surface area contributed by atoms with Gasteiger partial charge in [-0.3, -0.25) is 4.79 Å². The van der Waals surface area contributed by atoms with Crippen LogP contribution in [0, 0.1) is 6.92 Å². The number of nitrogens with zero attached hydrogens (tertiary/aromatic N) is 2. The molecule has 4 rings (SSSR count). The number of benzene rings is 3. The molecule has 0 aliphatic heterocycles. The van der Waals surface area contributed by atoms with Crippen molar-refractivity contribution in [1.29, 1.82) is 0 Å². The van der Waals surface area contributed by atoms with Gasteiger partial charge >= 0.3 is 0 Å². The highest BCUT2D eigenvalue weighted by atomic mass is 35.5. The molecule has 4 aromatic rings. The standard InChI is InChI=1S/C30H31ClN2O5/c1-20-29(32-28(38-20)16-21-5-4-6-26(31)15-21)22-9-11-27(12-10-22)37-19-24-8-7-23(30(35)33(2)3)17-25(24)18-36-14-13-34/h4-12,15,17,34H,13-14,16,18-19H2,1-3H3. The average molecular weight is 535 g/mol. The quantitative estimate of drug-likeness (QED) is 0.249. The minimum Gasteiger partial charge on any atom is -0.489 e. The smallest absolute Gasteiger partial charge is 0.253 e. The molecule has 1 aromatic heterocycles. The molecule has 0 radical (unpaired) electrons. The van der Waals surface area contributed by atoms with E-state index >= 15 is 0 Å². The number of amides is 1. The molecule has 0 aliphatic carbocycles. The Labute approximate surface area is 227 Å². The van der Waals surface area contributed by atoms with Crippen LogP contribution in [0.15, 0.2) is 71.1 Å². The molecule has 3 aromatic carbocycles. The van der Waals surface area contributed by atoms with Crippen molar-refractivity contribution in [1.82, 2.24) is 9.88 Å². The summed E-state index contributed by atoms with van der Waals surface area (Å²) in [4.78, 5) is 18.6. The molecule has 0 aliphatic rings. The van der Waals surface area contributed by atoms with Gasteiger partial charge < -0.3 is 23.9 Å². The predicted molar refractivity (Wildman–Crippen MR) is 146 cm³/mol. The zero-order valence-electron chi connectivity index (χ0n) is 21.7. The Morgan fingerprint density at radius 3 is 2.53 bits per heavy atom. The van der Waals surface area contributed by atoms with Gasteiger partial charge in [-0.25, -0.2) is 4.98 Å². The number of aromatic nitrogens is 1. The van der Waals surface area contributed by atoms with Crippen LogP contribution in [0.4, 0.5) is 0 Å². The van der Waals surface area contributed by atoms with Crippen molar-refractivity contribution in [2.75, 3.05) is 27.3 Å². The molecule has 0 bridgehead atoms. The summed E-state index contributed by atoms with van der Waals surface area (Å²) in [5, 5.41) is 9.74. The van der Waals surface area contributed by atoms with Crippen LogP contribution in [0.1, 0.15) is 38.7 Å². The van der Waals surface area contributed by atoms with E-state index in [-0.39, 0.29) is 25.7 Å². The number of carbonyl (C=O) groups is 1. The van der Waals surface area contributed by atoms with Gasteiger partial charge in [-0.1, -0.05) is 29.8 Å². The van der Waals surface area contributed by atoms with Gasteiger partial charge in [0.15, 0.2) is 5.89 Å². The van der Waals surface area contributed by atoms with Crippen LogP contribution < -0.4 is 4.74 Å². The topological polar surface area (TPSA) is 85.0 Å². The van der Waals surface area contributed by atoms with Crippen LogP contribution in [-0.4, -0.2) is 48.2 Å². The van der Waals surface area contributed by atoms with Crippen molar-refractivity contribution in [3.63, 3.8) is 0 Å². The third kappa shape index (κ3) is 7.01. The van der Waals surface area contributed by atoms with Crippen LogP contribution in [-0.2, 0) is 24.4 Å². The lowest BCUT2D eigenvalue weighted by molar-refractivity contribution is 0.0797. The monoisotopic (exact) mass is 534 g/mol. The Balaban J connectivity index is 1.44. The van der Waals surface area contributed by atoms with Gasteiger partial charge in [0.25, 0.3) is 5.91 Å². The van der Waals surface area contributed by atoms with Crippen LogP contribution in [0.5, 0.6) is 5.75 Å². The number of aryl methyl sites for hydroxylation is 1. The second kappa shape index (κ2) is 12.7. The third-order valence-corrected chi connectivity index (χ3v) is 6.20. The average Bonchev–Trinajstić information content (AvgIpc) is 3.27. The zero-order valence-corrected chi connectivity index (χ0v) is 22.5. The molecule has 0 atom stereocenters. The molecule has 7 nitrogen and oxygen atoms in total. The van der Waals surface area contributed by atoms with E-state index in [4.69, 9.17) is 35.6 Å². The van der Waals surface area contributed by atoms with Crippen molar-refractivity contribution >= 4 is 17.5 Å². The lowest BCUT2D eigenvalue weighted by Crippen LogP contribution is -2.22. The maximum atomic E-state index is 12.4. The summed E-state index contributed by atoms with van der Waals surface area (Å²) in [5.74, 6) is 1.99. The van der Waals surface area contributed by atoms with Gasteiger partial charge in [-0.2, -0.15) is 0 Å². The van der Waals surface area contributed by atoms with Crippen LogP contribution in [0.3, 0.4) is 0 Å². The van der Waals surface area contributed by atoms with Crippen molar-refractivity contribution in [2.45, 2.75) is 26.6 Å². The Morgan fingerprint density at radius 1 is 1.03 bits per heavy atom. The van der Waals surface area contributed by atoms with Gasteiger partial charge in [-0.15, -0.1) is 0 Å². The number of hydrogen-bond donors (Lipinski definition) is 1. The lowest BCUT2D eigenvalue weighted by atomic mass is 10.0. The van der Waals surface area contributed by atoms with Crippen LogP contribution in [0.2, 0.25) is 5.02 Å². The maximum absolute atomic E-state index is 12.4. The largest absolute Gasteiger partial charge is 0.489 e. The fourth-order valence-electron chi connectivity index (χ4n) is 4.03. The molecule has 38 heavy (non-hydrogen) atoms. The molecular weight excluding hydrogens is 504 g/mol. The first-order valence-corrected chi connectivity index (χ1v) is 12.7. The van der Waals surface area contributed by atoms with Gasteiger partial charge in [0, 0.05) is 36.7 Å². The summed E-state index contributed by atoms with van der Waals surface area (Å²) >= 11 is 6.10. The second-order valence-electron chi connectivity index (χ2n) is 9.09. The van der Waals surface area contributed by atoms with E-state index in [1.54, 1.807) is 20.2 Å². The first-order chi connectivity index (χ1) is 18.3. The first kappa shape index (κ1) is 27.4. The van der Waals surface area contributed by atoms with Crippen molar-refractivity contribution in [3.8, 4) is 17.0 Å². The molecule has 1 amide bonds. The Hall–Kier alpha value is -3.65. The Morgan fingerprint density at radius 2 is 1.82 bits per heavy atom. The molecule has 0 unspecified atom stereocenters. The minimum atomic E-state index is -0.0876. The molecule has 0 fully saturated rings. The van der Waals surface area contributed by atoms with E-state index < -0.39 is 0 Å². The van der Waals surface area contributed by atoms with Gasteiger partial charge in [0.2, 0.25) is 0 Å². The fourth-order valence-corrected chi connectivity index (χ4v) is 4.24. The summed E-state index contributed by atoms with van der Waals surface area (Å²) in [6.07, 6.45) is 0.561. The molecule has 1 N–H and O–H groups in total. The van der Waals surface area contributed by atoms with E-state index in [0.29, 0.717) is 35.3 Å². The Bertz CT molecular complexity index is 1380. The van der Waals surface area contributed by atoms with Crippen molar-refractivity contribution in [2.24, 2.45) is 0 Å². The fraction of sp³-hybridized carbons (Fsp3) is 0.267. The van der Waals surface area contributed by atoms with Crippen molar-refractivity contribution < 1.29 is 23.8 Å². The predicted octanol–water partition coefficient (Wildman–Crippen LogP) is 5.68. The molecule has 1 heterocycles. The summed E-state index contributed by atoms with van der Waals surface area (Å²) in [7, 11) is 3.43. The molecule has 8 heteroatoms. The van der Waals surface area contributed by atoms with Gasteiger partial charge in [-0.05, 0) is 72.1 Å². The summed E-state index contributed by atoms with van der Waals surface area (Å²) in [5.41, 5.74) is 5.07. The second-order valence-corrected chi connectivity index (χ2v) is 9.53. The maximum Gasteiger partial charge on any atom is 0.253 e. The lowest BCUT2D eigenvalue weighted by Gasteiger charge is -2.15. The first-order valence-electron chi connectivity index (χ1n) is 12.3.